The third-order valence-electron chi connectivity index (χ3n) is 1.36. The average Bonchev–Trinajstić information content (AvgIpc) is 2.31. The summed E-state index contributed by atoms with van der Waals surface area (Å²) < 4.78 is 3.02. The number of para-hydroxylation sites is 1. The standard InChI is InChI=1S/C7H4BrNS2/c8-4-2-1-3-5-6(4)9-7(10)11-5/h1-3H,(H,9,10). The molecular weight excluding hydrogens is 242 g/mol. The number of benzene rings is 1. The monoisotopic (exact) mass is 245 g/mol. The second-order valence-electron chi connectivity index (χ2n) is 2.08. The van der Waals surface area contributed by atoms with Gasteiger partial charge in [-0.3, -0.25) is 0 Å². The van der Waals surface area contributed by atoms with Gasteiger partial charge in [-0.05, 0) is 28.1 Å². The van der Waals surface area contributed by atoms with Crippen molar-refractivity contribution in [2.75, 3.05) is 0 Å². The van der Waals surface area contributed by atoms with Gasteiger partial charge in [-0.15, -0.1) is 24.0 Å². The maximum atomic E-state index is 4.25. The summed E-state index contributed by atoms with van der Waals surface area (Å²) in [5, 5.41) is 0. The minimum Gasteiger partial charge on any atom is -0.229 e. The van der Waals surface area contributed by atoms with E-state index < -0.39 is 0 Å². The first-order valence-electron chi connectivity index (χ1n) is 3.01. The molecular formula is C7H4BrNS2. The molecule has 0 aliphatic carbocycles. The minimum atomic E-state index is 0.812. The van der Waals surface area contributed by atoms with E-state index in [0.717, 1.165) is 14.3 Å². The fraction of sp³-hybridized carbons (Fsp3) is 0. The van der Waals surface area contributed by atoms with E-state index in [-0.39, 0.29) is 0 Å². The smallest absolute Gasteiger partial charge is 0.148 e. The molecule has 11 heavy (non-hydrogen) atoms. The molecule has 0 aliphatic heterocycles. The van der Waals surface area contributed by atoms with Crippen LogP contribution >= 0.6 is 39.9 Å². The Morgan fingerprint density at radius 2 is 2.27 bits per heavy atom. The number of thiol groups is 1. The van der Waals surface area contributed by atoms with E-state index in [1.54, 1.807) is 11.3 Å². The van der Waals surface area contributed by atoms with E-state index in [1.807, 2.05) is 18.2 Å². The molecule has 1 aromatic carbocycles. The quantitative estimate of drug-likeness (QED) is 0.703. The Labute approximate surface area is 82.0 Å². The van der Waals surface area contributed by atoms with E-state index in [4.69, 9.17) is 0 Å². The van der Waals surface area contributed by atoms with Gasteiger partial charge in [0.2, 0.25) is 0 Å². The molecule has 0 saturated heterocycles. The number of rotatable bonds is 0. The van der Waals surface area contributed by atoms with Gasteiger partial charge in [-0.25, -0.2) is 4.98 Å². The Kier molecular flexibility index (Phi) is 1.91. The normalized spacial score (nSPS) is 10.7. The molecule has 1 heterocycles. The van der Waals surface area contributed by atoms with Crippen LogP contribution in [-0.2, 0) is 0 Å². The van der Waals surface area contributed by atoms with Gasteiger partial charge in [-0.1, -0.05) is 6.07 Å². The molecule has 0 N–H and O–H groups in total. The highest BCUT2D eigenvalue weighted by molar-refractivity contribution is 9.10. The molecule has 0 radical (unpaired) electrons. The van der Waals surface area contributed by atoms with Gasteiger partial charge in [-0.2, -0.15) is 0 Å². The van der Waals surface area contributed by atoms with Gasteiger partial charge >= 0.3 is 0 Å². The molecule has 0 unspecified atom stereocenters. The Morgan fingerprint density at radius 1 is 1.45 bits per heavy atom. The number of aromatic nitrogens is 1. The van der Waals surface area contributed by atoms with Gasteiger partial charge in [0.05, 0.1) is 10.2 Å². The fourth-order valence-electron chi connectivity index (χ4n) is 0.903. The summed E-state index contributed by atoms with van der Waals surface area (Å²) in [5.41, 5.74) is 1.00. The molecule has 2 aromatic rings. The Bertz CT molecular complexity index is 396. The Hall–Kier alpha value is -0.0600. The number of fused-ring (bicyclic) bond motifs is 1. The van der Waals surface area contributed by atoms with Crippen LogP contribution in [-0.4, -0.2) is 4.98 Å². The van der Waals surface area contributed by atoms with Crippen LogP contribution in [0.3, 0.4) is 0 Å². The Morgan fingerprint density at radius 3 is 3.00 bits per heavy atom. The van der Waals surface area contributed by atoms with Gasteiger partial charge in [0.15, 0.2) is 0 Å². The van der Waals surface area contributed by atoms with Crippen molar-refractivity contribution in [3.05, 3.63) is 22.7 Å². The summed E-state index contributed by atoms with van der Waals surface area (Å²) in [6.45, 7) is 0. The van der Waals surface area contributed by atoms with Crippen LogP contribution in [0.1, 0.15) is 0 Å². The molecule has 0 amide bonds. The topological polar surface area (TPSA) is 12.9 Å². The van der Waals surface area contributed by atoms with Crippen molar-refractivity contribution in [1.82, 2.24) is 4.98 Å². The first-order chi connectivity index (χ1) is 5.27. The lowest BCUT2D eigenvalue weighted by molar-refractivity contribution is 1.31. The van der Waals surface area contributed by atoms with E-state index in [1.165, 1.54) is 4.70 Å². The highest BCUT2D eigenvalue weighted by Gasteiger charge is 2.02. The predicted molar refractivity (Wildman–Crippen MR) is 54.6 cm³/mol. The van der Waals surface area contributed by atoms with Gasteiger partial charge in [0.25, 0.3) is 0 Å². The van der Waals surface area contributed by atoms with Crippen molar-refractivity contribution in [1.29, 1.82) is 0 Å². The largest absolute Gasteiger partial charge is 0.229 e. The van der Waals surface area contributed by atoms with Gasteiger partial charge in [0.1, 0.15) is 4.34 Å². The zero-order valence-electron chi connectivity index (χ0n) is 5.41. The van der Waals surface area contributed by atoms with Crippen molar-refractivity contribution >= 4 is 50.1 Å². The molecule has 1 nitrogen and oxygen atoms in total. The minimum absolute atomic E-state index is 0.812. The van der Waals surface area contributed by atoms with Gasteiger partial charge in [0, 0.05) is 4.47 Å². The van der Waals surface area contributed by atoms with Crippen molar-refractivity contribution in [2.45, 2.75) is 4.34 Å². The van der Waals surface area contributed by atoms with Crippen LogP contribution in [0.5, 0.6) is 0 Å². The molecule has 1 aromatic heterocycles. The summed E-state index contributed by atoms with van der Waals surface area (Å²) in [6, 6.07) is 6.02. The predicted octanol–water partition coefficient (Wildman–Crippen LogP) is 3.35. The third kappa shape index (κ3) is 1.30. The lowest BCUT2D eigenvalue weighted by Crippen LogP contribution is -1.68. The summed E-state index contributed by atoms with van der Waals surface area (Å²) in [4.78, 5) is 4.25. The summed E-state index contributed by atoms with van der Waals surface area (Å²) in [7, 11) is 0. The lowest BCUT2D eigenvalue weighted by Gasteiger charge is -1.88. The maximum Gasteiger partial charge on any atom is 0.148 e. The summed E-state index contributed by atoms with van der Waals surface area (Å²) in [5.74, 6) is 0. The molecule has 56 valence electrons. The van der Waals surface area contributed by atoms with Crippen LogP contribution in [0.15, 0.2) is 27.0 Å². The van der Waals surface area contributed by atoms with Crippen LogP contribution in [0.2, 0.25) is 0 Å². The van der Waals surface area contributed by atoms with E-state index in [2.05, 4.69) is 33.5 Å². The summed E-state index contributed by atoms with van der Waals surface area (Å²) >= 11 is 9.19. The number of hydrogen-bond acceptors (Lipinski definition) is 3. The summed E-state index contributed by atoms with van der Waals surface area (Å²) in [6.07, 6.45) is 0. The van der Waals surface area contributed by atoms with E-state index in [9.17, 15) is 0 Å². The van der Waals surface area contributed by atoms with Crippen LogP contribution in [0, 0.1) is 0 Å². The molecule has 2 rings (SSSR count). The van der Waals surface area contributed by atoms with Crippen molar-refractivity contribution in [3.63, 3.8) is 0 Å². The van der Waals surface area contributed by atoms with Crippen molar-refractivity contribution < 1.29 is 0 Å². The van der Waals surface area contributed by atoms with Crippen LogP contribution in [0.4, 0.5) is 0 Å². The molecule has 4 heteroatoms. The van der Waals surface area contributed by atoms with Crippen LogP contribution in [0.25, 0.3) is 10.2 Å². The first kappa shape index (κ1) is 7.58. The van der Waals surface area contributed by atoms with E-state index >= 15 is 0 Å². The highest BCUT2D eigenvalue weighted by Crippen LogP contribution is 2.29. The molecule has 0 saturated carbocycles. The highest BCUT2D eigenvalue weighted by atomic mass is 79.9. The fourth-order valence-corrected chi connectivity index (χ4v) is 2.62. The molecule has 0 fully saturated rings. The second kappa shape index (κ2) is 2.77. The maximum absolute atomic E-state index is 4.25. The molecule has 0 spiro atoms. The first-order valence-corrected chi connectivity index (χ1v) is 5.07. The number of nitrogens with zero attached hydrogens (tertiary/aromatic N) is 1. The zero-order valence-corrected chi connectivity index (χ0v) is 8.71. The van der Waals surface area contributed by atoms with Gasteiger partial charge < -0.3 is 0 Å². The van der Waals surface area contributed by atoms with E-state index in [0.29, 0.717) is 0 Å². The lowest BCUT2D eigenvalue weighted by atomic mass is 10.3. The third-order valence-corrected chi connectivity index (χ3v) is 3.20. The number of hydrogen-bond donors (Lipinski definition) is 1. The van der Waals surface area contributed by atoms with Crippen molar-refractivity contribution in [2.24, 2.45) is 0 Å². The van der Waals surface area contributed by atoms with Crippen molar-refractivity contribution in [3.8, 4) is 0 Å². The number of halogens is 1. The Balaban J connectivity index is 2.90. The SMILES string of the molecule is Sc1nc2c(Br)cccc2s1. The molecule has 0 atom stereocenters. The second-order valence-corrected chi connectivity index (χ2v) is 4.69. The molecule has 0 aliphatic rings. The number of thiazole rings is 1. The average molecular weight is 246 g/mol. The zero-order chi connectivity index (χ0) is 7.84. The molecule has 0 bridgehead atoms. The van der Waals surface area contributed by atoms with Crippen LogP contribution < -0.4 is 0 Å².